The van der Waals surface area contributed by atoms with Gasteiger partial charge < -0.3 is 9.64 Å². The van der Waals surface area contributed by atoms with Gasteiger partial charge in [-0.3, -0.25) is 9.78 Å². The second kappa shape index (κ2) is 5.61. The van der Waals surface area contributed by atoms with Crippen LogP contribution in [0, 0.1) is 0 Å². The largest absolute Gasteiger partial charge is 0.378 e. The Morgan fingerprint density at radius 1 is 1.31 bits per heavy atom. The summed E-state index contributed by atoms with van der Waals surface area (Å²) in [5.74, 6) is 0.222. The van der Waals surface area contributed by atoms with Crippen LogP contribution in [-0.2, 0) is 16.0 Å². The van der Waals surface area contributed by atoms with E-state index in [1.165, 1.54) is 0 Å². The van der Waals surface area contributed by atoms with E-state index in [1.54, 1.807) is 12.4 Å². The first-order valence-corrected chi connectivity index (χ1v) is 5.61. The molecule has 86 valence electrons. The van der Waals surface area contributed by atoms with Crippen LogP contribution in [0.15, 0.2) is 24.5 Å². The number of aromatic nitrogens is 1. The predicted molar refractivity (Wildman–Crippen MR) is 60.0 cm³/mol. The first-order valence-electron chi connectivity index (χ1n) is 5.61. The Hall–Kier alpha value is -1.42. The van der Waals surface area contributed by atoms with Crippen molar-refractivity contribution < 1.29 is 9.53 Å². The molecule has 16 heavy (non-hydrogen) atoms. The Morgan fingerprint density at radius 2 is 2.00 bits per heavy atom. The average molecular weight is 220 g/mol. The standard InChI is InChI=1S/C12H16N2O2/c15-12(14-7-9-16-10-8-14)2-1-11-3-5-13-6-4-11/h3-6H,1-2,7-10H2. The highest BCUT2D eigenvalue weighted by Crippen LogP contribution is 2.05. The van der Waals surface area contributed by atoms with Crippen molar-refractivity contribution in [1.29, 1.82) is 0 Å². The van der Waals surface area contributed by atoms with Gasteiger partial charge in [0, 0.05) is 31.9 Å². The van der Waals surface area contributed by atoms with E-state index in [2.05, 4.69) is 4.98 Å². The molecule has 1 aliphatic rings. The molecule has 1 saturated heterocycles. The van der Waals surface area contributed by atoms with Crippen molar-refractivity contribution in [3.05, 3.63) is 30.1 Å². The summed E-state index contributed by atoms with van der Waals surface area (Å²) in [6, 6.07) is 3.90. The molecule has 1 aliphatic heterocycles. The lowest BCUT2D eigenvalue weighted by Crippen LogP contribution is -2.40. The Labute approximate surface area is 95.2 Å². The number of carbonyl (C=O) groups excluding carboxylic acids is 1. The lowest BCUT2D eigenvalue weighted by molar-refractivity contribution is -0.135. The SMILES string of the molecule is O=C(CCc1ccncc1)N1CCOCC1. The fraction of sp³-hybridized carbons (Fsp3) is 0.500. The summed E-state index contributed by atoms with van der Waals surface area (Å²) in [4.78, 5) is 17.7. The van der Waals surface area contributed by atoms with E-state index >= 15 is 0 Å². The zero-order valence-corrected chi connectivity index (χ0v) is 9.26. The van der Waals surface area contributed by atoms with Gasteiger partial charge in [0.1, 0.15) is 0 Å². The topological polar surface area (TPSA) is 42.4 Å². The van der Waals surface area contributed by atoms with Gasteiger partial charge in [0.05, 0.1) is 13.2 Å². The second-order valence-electron chi connectivity index (χ2n) is 3.85. The van der Waals surface area contributed by atoms with Crippen LogP contribution in [0.3, 0.4) is 0 Å². The quantitative estimate of drug-likeness (QED) is 0.759. The van der Waals surface area contributed by atoms with Gasteiger partial charge >= 0.3 is 0 Å². The van der Waals surface area contributed by atoms with E-state index in [0.29, 0.717) is 19.6 Å². The summed E-state index contributed by atoms with van der Waals surface area (Å²) in [7, 11) is 0. The summed E-state index contributed by atoms with van der Waals surface area (Å²) >= 11 is 0. The molecule has 0 spiro atoms. The molecule has 1 amide bonds. The second-order valence-corrected chi connectivity index (χ2v) is 3.85. The molecule has 4 nitrogen and oxygen atoms in total. The first kappa shape index (κ1) is 11.1. The Bertz CT molecular complexity index is 334. The maximum Gasteiger partial charge on any atom is 0.223 e. The fourth-order valence-corrected chi connectivity index (χ4v) is 1.77. The number of hydrogen-bond acceptors (Lipinski definition) is 3. The normalized spacial score (nSPS) is 16.1. The van der Waals surface area contributed by atoms with Crippen LogP contribution >= 0.6 is 0 Å². The van der Waals surface area contributed by atoms with E-state index in [4.69, 9.17) is 4.74 Å². The molecule has 0 atom stereocenters. The third-order valence-corrected chi connectivity index (χ3v) is 2.74. The van der Waals surface area contributed by atoms with Crippen molar-refractivity contribution in [1.82, 2.24) is 9.88 Å². The number of ether oxygens (including phenoxy) is 1. The minimum absolute atomic E-state index is 0.222. The zero-order valence-electron chi connectivity index (χ0n) is 9.26. The molecule has 1 fully saturated rings. The van der Waals surface area contributed by atoms with E-state index in [-0.39, 0.29) is 5.91 Å². The van der Waals surface area contributed by atoms with Gasteiger partial charge in [0.15, 0.2) is 0 Å². The molecule has 0 aliphatic carbocycles. The molecule has 1 aromatic heterocycles. The lowest BCUT2D eigenvalue weighted by Gasteiger charge is -2.26. The summed E-state index contributed by atoms with van der Waals surface area (Å²) in [5.41, 5.74) is 1.16. The van der Waals surface area contributed by atoms with E-state index in [1.807, 2.05) is 17.0 Å². The van der Waals surface area contributed by atoms with Crippen LogP contribution in [0.25, 0.3) is 0 Å². The molecule has 0 bridgehead atoms. The van der Waals surface area contributed by atoms with Crippen molar-refractivity contribution in [3.63, 3.8) is 0 Å². The number of hydrogen-bond donors (Lipinski definition) is 0. The van der Waals surface area contributed by atoms with Crippen LogP contribution in [0.1, 0.15) is 12.0 Å². The van der Waals surface area contributed by atoms with Crippen molar-refractivity contribution in [2.24, 2.45) is 0 Å². The number of nitrogens with zero attached hydrogens (tertiary/aromatic N) is 2. The predicted octanol–water partition coefficient (Wildman–Crippen LogP) is 0.873. The van der Waals surface area contributed by atoms with Crippen molar-refractivity contribution in [2.45, 2.75) is 12.8 Å². The highest BCUT2D eigenvalue weighted by molar-refractivity contribution is 5.76. The van der Waals surface area contributed by atoms with Gasteiger partial charge in [0.25, 0.3) is 0 Å². The number of carbonyl (C=O) groups is 1. The maximum atomic E-state index is 11.8. The molecule has 0 N–H and O–H groups in total. The average Bonchev–Trinajstić information content (AvgIpc) is 2.38. The number of rotatable bonds is 3. The van der Waals surface area contributed by atoms with Crippen LogP contribution in [0.2, 0.25) is 0 Å². The summed E-state index contributed by atoms with van der Waals surface area (Å²) in [6.07, 6.45) is 4.88. The molecular weight excluding hydrogens is 204 g/mol. The van der Waals surface area contributed by atoms with Gasteiger partial charge in [-0.1, -0.05) is 0 Å². The minimum Gasteiger partial charge on any atom is -0.378 e. The monoisotopic (exact) mass is 220 g/mol. The van der Waals surface area contributed by atoms with Crippen LogP contribution < -0.4 is 0 Å². The van der Waals surface area contributed by atoms with E-state index in [9.17, 15) is 4.79 Å². The van der Waals surface area contributed by atoms with Gasteiger partial charge in [-0.15, -0.1) is 0 Å². The van der Waals surface area contributed by atoms with Crippen LogP contribution in [0.4, 0.5) is 0 Å². The summed E-state index contributed by atoms with van der Waals surface area (Å²) in [5, 5.41) is 0. The number of morpholine rings is 1. The van der Waals surface area contributed by atoms with Gasteiger partial charge in [-0.05, 0) is 24.1 Å². The Kier molecular flexibility index (Phi) is 3.88. The molecule has 2 rings (SSSR count). The minimum atomic E-state index is 0.222. The molecule has 0 unspecified atom stereocenters. The first-order chi connectivity index (χ1) is 7.86. The Morgan fingerprint density at radius 3 is 2.69 bits per heavy atom. The number of amides is 1. The van der Waals surface area contributed by atoms with Crippen molar-refractivity contribution in [3.8, 4) is 0 Å². The number of pyridine rings is 1. The fourth-order valence-electron chi connectivity index (χ4n) is 1.77. The summed E-state index contributed by atoms with van der Waals surface area (Å²) < 4.78 is 5.21. The van der Waals surface area contributed by atoms with E-state index in [0.717, 1.165) is 25.1 Å². The molecule has 0 radical (unpaired) electrons. The lowest BCUT2D eigenvalue weighted by atomic mass is 10.1. The molecule has 4 heteroatoms. The van der Waals surface area contributed by atoms with Crippen molar-refractivity contribution >= 4 is 5.91 Å². The van der Waals surface area contributed by atoms with Crippen LogP contribution in [-0.4, -0.2) is 42.1 Å². The van der Waals surface area contributed by atoms with Gasteiger partial charge in [-0.25, -0.2) is 0 Å². The Balaban J connectivity index is 1.79. The summed E-state index contributed by atoms with van der Waals surface area (Å²) in [6.45, 7) is 2.80. The molecule has 2 heterocycles. The van der Waals surface area contributed by atoms with E-state index < -0.39 is 0 Å². The van der Waals surface area contributed by atoms with Crippen molar-refractivity contribution in [2.75, 3.05) is 26.3 Å². The highest BCUT2D eigenvalue weighted by atomic mass is 16.5. The molecule has 0 aromatic carbocycles. The van der Waals surface area contributed by atoms with Gasteiger partial charge in [0.2, 0.25) is 5.91 Å². The smallest absolute Gasteiger partial charge is 0.223 e. The maximum absolute atomic E-state index is 11.8. The molecule has 0 saturated carbocycles. The molecular formula is C12H16N2O2. The zero-order chi connectivity index (χ0) is 11.2. The van der Waals surface area contributed by atoms with Crippen LogP contribution in [0.5, 0.6) is 0 Å². The third-order valence-electron chi connectivity index (χ3n) is 2.74. The third kappa shape index (κ3) is 3.03. The highest BCUT2D eigenvalue weighted by Gasteiger charge is 2.15. The van der Waals surface area contributed by atoms with Gasteiger partial charge in [-0.2, -0.15) is 0 Å². The number of aryl methyl sites for hydroxylation is 1. The molecule has 1 aromatic rings.